The van der Waals surface area contributed by atoms with E-state index in [1.165, 1.54) is 6.07 Å². The summed E-state index contributed by atoms with van der Waals surface area (Å²) in [7, 11) is 0. The van der Waals surface area contributed by atoms with Gasteiger partial charge in [0.05, 0.1) is 6.61 Å². The van der Waals surface area contributed by atoms with E-state index in [9.17, 15) is 9.50 Å². The Kier molecular flexibility index (Phi) is 3.64. The van der Waals surface area contributed by atoms with E-state index in [2.05, 4.69) is 18.8 Å². The van der Waals surface area contributed by atoms with Crippen molar-refractivity contribution < 1.29 is 9.50 Å². The predicted molar refractivity (Wildman–Crippen MR) is 81.4 cm³/mol. The van der Waals surface area contributed by atoms with E-state index in [-0.39, 0.29) is 18.3 Å². The molecular formula is C17H19FN2O. The Morgan fingerprint density at radius 3 is 2.81 bits per heavy atom. The molecule has 2 heterocycles. The molecule has 0 aliphatic carbocycles. The average Bonchev–Trinajstić information content (AvgIpc) is 2.89. The number of halogens is 1. The quantitative estimate of drug-likeness (QED) is 0.937. The van der Waals surface area contributed by atoms with Crippen LogP contribution >= 0.6 is 0 Å². The van der Waals surface area contributed by atoms with Crippen molar-refractivity contribution in [3.05, 3.63) is 53.0 Å². The van der Waals surface area contributed by atoms with Crippen LogP contribution in [0.3, 0.4) is 0 Å². The van der Waals surface area contributed by atoms with Crippen LogP contribution < -0.4 is 4.90 Å². The van der Waals surface area contributed by atoms with Gasteiger partial charge < -0.3 is 10.0 Å². The number of fused-ring (bicyclic) bond motifs is 1. The summed E-state index contributed by atoms with van der Waals surface area (Å²) in [5.74, 6) is 0.836. The molecule has 0 unspecified atom stereocenters. The zero-order valence-corrected chi connectivity index (χ0v) is 12.3. The van der Waals surface area contributed by atoms with E-state index >= 15 is 0 Å². The first-order chi connectivity index (χ1) is 10.1. The van der Waals surface area contributed by atoms with Crippen molar-refractivity contribution in [2.75, 3.05) is 11.4 Å². The molecule has 0 radical (unpaired) electrons. The fraction of sp³-hybridized carbons (Fsp3) is 0.353. The lowest BCUT2D eigenvalue weighted by atomic mass is 10.1. The van der Waals surface area contributed by atoms with Crippen molar-refractivity contribution in [1.82, 2.24) is 4.98 Å². The van der Waals surface area contributed by atoms with Crippen LogP contribution in [0.25, 0.3) is 0 Å². The Bertz CT molecular complexity index is 670. The van der Waals surface area contributed by atoms with Crippen LogP contribution in [-0.4, -0.2) is 16.6 Å². The fourth-order valence-electron chi connectivity index (χ4n) is 2.71. The van der Waals surface area contributed by atoms with Crippen molar-refractivity contribution in [3.8, 4) is 0 Å². The minimum atomic E-state index is -0.233. The van der Waals surface area contributed by atoms with Crippen LogP contribution in [0.4, 0.5) is 15.9 Å². The number of anilines is 2. The van der Waals surface area contributed by atoms with Crippen molar-refractivity contribution in [2.24, 2.45) is 0 Å². The second-order valence-corrected chi connectivity index (χ2v) is 5.75. The van der Waals surface area contributed by atoms with Gasteiger partial charge in [0.25, 0.3) is 0 Å². The van der Waals surface area contributed by atoms with Crippen LogP contribution in [0.15, 0.2) is 30.3 Å². The monoisotopic (exact) mass is 286 g/mol. The van der Waals surface area contributed by atoms with E-state index < -0.39 is 0 Å². The fourth-order valence-corrected chi connectivity index (χ4v) is 2.71. The van der Waals surface area contributed by atoms with Gasteiger partial charge >= 0.3 is 0 Å². The number of aromatic nitrogens is 1. The topological polar surface area (TPSA) is 36.4 Å². The van der Waals surface area contributed by atoms with Crippen LogP contribution in [0.5, 0.6) is 0 Å². The molecule has 0 saturated heterocycles. The molecule has 4 heteroatoms. The highest BCUT2D eigenvalue weighted by Crippen LogP contribution is 2.35. The van der Waals surface area contributed by atoms with E-state index in [0.29, 0.717) is 0 Å². The predicted octanol–water partition coefficient (Wildman–Crippen LogP) is 3.53. The summed E-state index contributed by atoms with van der Waals surface area (Å²) in [6.07, 6.45) is 0.887. The summed E-state index contributed by atoms with van der Waals surface area (Å²) < 4.78 is 13.5. The van der Waals surface area contributed by atoms with Gasteiger partial charge in [0.15, 0.2) is 0 Å². The Labute approximate surface area is 124 Å². The normalized spacial score (nSPS) is 13.9. The molecule has 0 saturated carbocycles. The van der Waals surface area contributed by atoms with Crippen molar-refractivity contribution in [1.29, 1.82) is 0 Å². The average molecular weight is 286 g/mol. The lowest BCUT2D eigenvalue weighted by molar-refractivity contribution is 0.281. The molecule has 1 aliphatic rings. The SMILES string of the molecule is CC(C)c1cc(CO)cc(N2CCc3ccc(F)cc32)n1. The third kappa shape index (κ3) is 2.63. The maximum atomic E-state index is 13.5. The molecule has 2 aromatic rings. The van der Waals surface area contributed by atoms with Crippen LogP contribution in [0.1, 0.15) is 36.6 Å². The number of benzene rings is 1. The second kappa shape index (κ2) is 5.45. The van der Waals surface area contributed by atoms with Crippen LogP contribution in [-0.2, 0) is 13.0 Å². The lowest BCUT2D eigenvalue weighted by Crippen LogP contribution is -2.16. The molecule has 0 spiro atoms. The highest BCUT2D eigenvalue weighted by molar-refractivity contribution is 5.68. The summed E-state index contributed by atoms with van der Waals surface area (Å²) in [6, 6.07) is 8.71. The molecule has 0 bridgehead atoms. The molecule has 110 valence electrons. The molecule has 1 N–H and O–H groups in total. The summed E-state index contributed by atoms with van der Waals surface area (Å²) in [5, 5.41) is 9.44. The van der Waals surface area contributed by atoms with Crippen LogP contribution in [0, 0.1) is 5.82 Å². The van der Waals surface area contributed by atoms with E-state index in [0.717, 1.165) is 41.3 Å². The van der Waals surface area contributed by atoms with Crippen LogP contribution in [0.2, 0.25) is 0 Å². The summed E-state index contributed by atoms with van der Waals surface area (Å²) >= 11 is 0. The third-order valence-electron chi connectivity index (χ3n) is 3.88. The van der Waals surface area contributed by atoms with E-state index in [4.69, 9.17) is 0 Å². The highest BCUT2D eigenvalue weighted by Gasteiger charge is 2.22. The Hall–Kier alpha value is -1.94. The zero-order chi connectivity index (χ0) is 15.0. The molecule has 1 aromatic carbocycles. The number of rotatable bonds is 3. The highest BCUT2D eigenvalue weighted by atomic mass is 19.1. The van der Waals surface area contributed by atoms with Gasteiger partial charge in [-0.2, -0.15) is 0 Å². The molecule has 0 fully saturated rings. The van der Waals surface area contributed by atoms with E-state index in [1.807, 2.05) is 23.1 Å². The van der Waals surface area contributed by atoms with Crippen molar-refractivity contribution in [2.45, 2.75) is 32.8 Å². The van der Waals surface area contributed by atoms with Gasteiger partial charge in [0.2, 0.25) is 0 Å². The Morgan fingerprint density at radius 2 is 2.10 bits per heavy atom. The van der Waals surface area contributed by atoms with Gasteiger partial charge in [-0.15, -0.1) is 0 Å². The molecule has 3 nitrogen and oxygen atoms in total. The van der Waals surface area contributed by atoms with Crippen molar-refractivity contribution in [3.63, 3.8) is 0 Å². The number of hydrogen-bond donors (Lipinski definition) is 1. The lowest BCUT2D eigenvalue weighted by Gasteiger charge is -2.21. The molecule has 1 aliphatic heterocycles. The Balaban J connectivity index is 2.06. The van der Waals surface area contributed by atoms with E-state index in [1.54, 1.807) is 6.07 Å². The minimum absolute atomic E-state index is 0.0148. The first-order valence-electron chi connectivity index (χ1n) is 7.26. The summed E-state index contributed by atoms with van der Waals surface area (Å²) in [5.41, 5.74) is 3.81. The maximum absolute atomic E-state index is 13.5. The molecule has 1 aromatic heterocycles. The largest absolute Gasteiger partial charge is 0.392 e. The number of aliphatic hydroxyl groups is 1. The molecule has 21 heavy (non-hydrogen) atoms. The second-order valence-electron chi connectivity index (χ2n) is 5.75. The maximum Gasteiger partial charge on any atom is 0.133 e. The van der Waals surface area contributed by atoms with Gasteiger partial charge in [-0.25, -0.2) is 9.37 Å². The third-order valence-corrected chi connectivity index (χ3v) is 3.88. The molecule has 0 amide bonds. The number of hydrogen-bond acceptors (Lipinski definition) is 3. The first-order valence-corrected chi connectivity index (χ1v) is 7.26. The minimum Gasteiger partial charge on any atom is -0.392 e. The zero-order valence-electron chi connectivity index (χ0n) is 12.3. The number of nitrogens with zero attached hydrogens (tertiary/aromatic N) is 2. The molecule has 3 rings (SSSR count). The Morgan fingerprint density at radius 1 is 1.29 bits per heavy atom. The first kappa shape index (κ1) is 14.0. The number of pyridine rings is 1. The summed E-state index contributed by atoms with van der Waals surface area (Å²) in [6.45, 7) is 4.92. The number of aliphatic hydroxyl groups excluding tert-OH is 1. The van der Waals surface area contributed by atoms with Gasteiger partial charge in [0, 0.05) is 17.9 Å². The van der Waals surface area contributed by atoms with Gasteiger partial charge in [0.1, 0.15) is 11.6 Å². The van der Waals surface area contributed by atoms with Gasteiger partial charge in [-0.3, -0.25) is 0 Å². The van der Waals surface area contributed by atoms with Crippen molar-refractivity contribution >= 4 is 11.5 Å². The smallest absolute Gasteiger partial charge is 0.133 e. The van der Waals surface area contributed by atoms with Gasteiger partial charge in [-0.05, 0) is 47.7 Å². The van der Waals surface area contributed by atoms with Gasteiger partial charge in [-0.1, -0.05) is 19.9 Å². The molecular weight excluding hydrogens is 267 g/mol. The molecule has 0 atom stereocenters. The standard InChI is InChI=1S/C17H19FN2O/c1-11(2)15-7-12(10-21)8-17(19-15)20-6-5-13-3-4-14(18)9-16(13)20/h3-4,7-9,11,21H,5-6,10H2,1-2H3. The summed E-state index contributed by atoms with van der Waals surface area (Å²) in [4.78, 5) is 6.71.